The van der Waals surface area contributed by atoms with Crippen LogP contribution in [0.2, 0.25) is 0 Å². The van der Waals surface area contributed by atoms with Crippen LogP contribution < -0.4 is 0 Å². The van der Waals surface area contributed by atoms with Gasteiger partial charge in [0.25, 0.3) is 5.97 Å². The van der Waals surface area contributed by atoms with E-state index in [0.717, 1.165) is 0 Å². The van der Waals surface area contributed by atoms with Gasteiger partial charge in [0.1, 0.15) is 0 Å². The van der Waals surface area contributed by atoms with Crippen molar-refractivity contribution in [3.63, 3.8) is 0 Å². The molecular weight excluding hydrogens is 328 g/mol. The molecule has 0 bridgehead atoms. The van der Waals surface area contributed by atoms with Crippen molar-refractivity contribution < 1.29 is 30.6 Å². The van der Waals surface area contributed by atoms with Gasteiger partial charge in [0, 0.05) is 7.05 Å². The number of hydrogen-bond donors (Lipinski definition) is 0. The van der Waals surface area contributed by atoms with Crippen molar-refractivity contribution >= 4 is 5.97 Å². The predicted molar refractivity (Wildman–Crippen MR) is 38.1 cm³/mol. The molecule has 0 saturated carbocycles. The number of nitrogens with zero attached hydrogens (tertiary/aromatic N) is 2. The van der Waals surface area contributed by atoms with Crippen molar-refractivity contribution in [1.82, 2.24) is 9.78 Å². The SMILES string of the molecule is COC(=O)c1c(C)[c-]nn1C.[W+2]. The summed E-state index contributed by atoms with van der Waals surface area (Å²) in [6.07, 6.45) is 2.66. The quantitative estimate of drug-likeness (QED) is 0.548. The molecule has 0 aromatic carbocycles. The van der Waals surface area contributed by atoms with E-state index in [4.69, 9.17) is 0 Å². The third kappa shape index (κ3) is 1.94. The van der Waals surface area contributed by atoms with E-state index in [0.29, 0.717) is 11.3 Å². The monoisotopic (exact) mass is 337 g/mol. The van der Waals surface area contributed by atoms with Gasteiger partial charge in [0.05, 0.1) is 7.11 Å². The molecule has 0 N–H and O–H groups in total. The van der Waals surface area contributed by atoms with Gasteiger partial charge in [0.15, 0.2) is 0 Å². The summed E-state index contributed by atoms with van der Waals surface area (Å²) in [5, 5.41) is 3.78. The van der Waals surface area contributed by atoms with E-state index in [1.54, 1.807) is 14.0 Å². The van der Waals surface area contributed by atoms with Crippen LogP contribution in [0.4, 0.5) is 0 Å². The Morgan fingerprint density at radius 1 is 1.67 bits per heavy atom. The summed E-state index contributed by atoms with van der Waals surface area (Å²) in [6, 6.07) is 0. The zero-order chi connectivity index (χ0) is 8.43. The van der Waals surface area contributed by atoms with Crippen LogP contribution in [-0.4, -0.2) is 22.9 Å². The second-order valence-electron chi connectivity index (χ2n) is 2.20. The van der Waals surface area contributed by atoms with E-state index in [9.17, 15) is 4.79 Å². The van der Waals surface area contributed by atoms with Crippen LogP contribution in [0.15, 0.2) is 0 Å². The van der Waals surface area contributed by atoms with Gasteiger partial charge in [-0.3, -0.25) is 4.79 Å². The maximum absolute atomic E-state index is 11.0. The number of hydrogen-bond acceptors (Lipinski definition) is 3. The molecule has 5 heteroatoms. The Labute approximate surface area is 85.2 Å². The fraction of sp³-hybridized carbons (Fsp3) is 0.429. The molecule has 1 aromatic heterocycles. The molecule has 1 aromatic rings. The van der Waals surface area contributed by atoms with Gasteiger partial charge in [-0.2, -0.15) is 5.56 Å². The van der Waals surface area contributed by atoms with Gasteiger partial charge >= 0.3 is 21.1 Å². The van der Waals surface area contributed by atoms with Crippen LogP contribution >= 0.6 is 0 Å². The molecule has 0 fully saturated rings. The summed E-state index contributed by atoms with van der Waals surface area (Å²) in [6.45, 7) is 1.76. The third-order valence-corrected chi connectivity index (χ3v) is 1.43. The van der Waals surface area contributed by atoms with E-state index in [2.05, 4.69) is 16.0 Å². The van der Waals surface area contributed by atoms with Crippen LogP contribution in [0.5, 0.6) is 0 Å². The minimum Gasteiger partial charge on any atom is -0.478 e. The van der Waals surface area contributed by atoms with Crippen molar-refractivity contribution in [3.05, 3.63) is 17.5 Å². The van der Waals surface area contributed by atoms with Crippen LogP contribution in [0, 0.1) is 13.1 Å². The number of esters is 1. The van der Waals surface area contributed by atoms with Gasteiger partial charge < -0.3 is 14.5 Å². The molecule has 0 amide bonds. The molecule has 0 aliphatic rings. The summed E-state index contributed by atoms with van der Waals surface area (Å²) < 4.78 is 5.98. The van der Waals surface area contributed by atoms with Crippen LogP contribution in [0.1, 0.15) is 16.1 Å². The second-order valence-corrected chi connectivity index (χ2v) is 2.20. The fourth-order valence-electron chi connectivity index (χ4n) is 0.878. The number of carbonyl (C=O) groups excluding carboxylic acids is 1. The van der Waals surface area contributed by atoms with Gasteiger partial charge in [-0.05, 0) is 5.69 Å². The van der Waals surface area contributed by atoms with Gasteiger partial charge in [-0.15, -0.1) is 6.20 Å². The molecule has 12 heavy (non-hydrogen) atoms. The topological polar surface area (TPSA) is 44.1 Å². The first kappa shape index (κ1) is 11.4. The van der Waals surface area contributed by atoms with E-state index in [-0.39, 0.29) is 27.0 Å². The zero-order valence-corrected chi connectivity index (χ0v) is 10.1. The normalized spacial score (nSPS) is 8.92. The molecule has 0 radical (unpaired) electrons. The smallest absolute Gasteiger partial charge is 0.478 e. The Kier molecular flexibility index (Phi) is 4.18. The molecule has 0 saturated heterocycles. The predicted octanol–water partition coefficient (Wildman–Crippen LogP) is 0.313. The van der Waals surface area contributed by atoms with Crippen LogP contribution in [0.25, 0.3) is 0 Å². The molecule has 1 heterocycles. The Morgan fingerprint density at radius 3 is 2.58 bits per heavy atom. The van der Waals surface area contributed by atoms with E-state index >= 15 is 0 Å². The standard InChI is InChI=1S/C7H9N2O2.W/c1-5-4-8-9(2)6(5)7(10)11-3;/h1-3H3;/q-1;+2. The second kappa shape index (κ2) is 4.41. The van der Waals surface area contributed by atoms with Crippen molar-refractivity contribution in [2.45, 2.75) is 6.92 Å². The molecular formula is C7H9N2O2W+. The average Bonchev–Trinajstić information content (AvgIpc) is 2.30. The minimum atomic E-state index is -0.376. The van der Waals surface area contributed by atoms with Crippen LogP contribution in [-0.2, 0) is 32.8 Å². The maximum Gasteiger partial charge on any atom is 2.00 e. The first-order chi connectivity index (χ1) is 5.16. The third-order valence-electron chi connectivity index (χ3n) is 1.43. The number of carbonyl (C=O) groups is 1. The van der Waals surface area contributed by atoms with Crippen molar-refractivity contribution in [2.75, 3.05) is 7.11 Å². The van der Waals surface area contributed by atoms with Gasteiger partial charge in [-0.25, -0.2) is 0 Å². The zero-order valence-electron chi connectivity index (χ0n) is 7.12. The van der Waals surface area contributed by atoms with Gasteiger partial charge in [-0.1, -0.05) is 6.92 Å². The van der Waals surface area contributed by atoms with Crippen molar-refractivity contribution in [2.24, 2.45) is 7.05 Å². The Morgan fingerprint density at radius 2 is 2.25 bits per heavy atom. The average molecular weight is 337 g/mol. The number of ether oxygens (including phenoxy) is 1. The maximum atomic E-state index is 11.0. The Hall–Kier alpha value is -0.632. The summed E-state index contributed by atoms with van der Waals surface area (Å²) in [4.78, 5) is 11.0. The first-order valence-corrected chi connectivity index (χ1v) is 3.16. The fourth-order valence-corrected chi connectivity index (χ4v) is 0.878. The van der Waals surface area contributed by atoms with Crippen molar-refractivity contribution in [3.8, 4) is 0 Å². The Balaban J connectivity index is 0.00000121. The molecule has 64 valence electrons. The first-order valence-electron chi connectivity index (χ1n) is 3.16. The molecule has 0 spiro atoms. The molecule has 0 atom stereocenters. The number of methoxy groups -OCH3 is 1. The number of rotatable bonds is 1. The summed E-state index contributed by atoms with van der Waals surface area (Å²) in [7, 11) is 3.02. The van der Waals surface area contributed by atoms with Gasteiger partial charge in [0.2, 0.25) is 0 Å². The molecule has 0 aliphatic heterocycles. The molecule has 0 unspecified atom stereocenters. The number of aryl methyl sites for hydroxylation is 2. The van der Waals surface area contributed by atoms with Crippen molar-refractivity contribution in [1.29, 1.82) is 0 Å². The molecule has 4 nitrogen and oxygen atoms in total. The summed E-state index contributed by atoms with van der Waals surface area (Å²) in [5.41, 5.74) is 1.16. The van der Waals surface area contributed by atoms with E-state index in [1.165, 1.54) is 11.8 Å². The minimum absolute atomic E-state index is 0. The molecule has 1 rings (SSSR count). The van der Waals surface area contributed by atoms with Crippen LogP contribution in [0.3, 0.4) is 0 Å². The van der Waals surface area contributed by atoms with E-state index in [1.807, 2.05) is 0 Å². The summed E-state index contributed by atoms with van der Waals surface area (Å²) in [5.74, 6) is -0.376. The van der Waals surface area contributed by atoms with E-state index < -0.39 is 0 Å². The number of aromatic nitrogens is 2. The molecule has 0 aliphatic carbocycles. The Bertz CT molecular complexity index is 263. The largest absolute Gasteiger partial charge is 2.00 e. The summed E-state index contributed by atoms with van der Waals surface area (Å²) >= 11 is 0.